The molecule has 0 aliphatic carbocycles. The number of carbonyl (C=O) groups excluding carboxylic acids is 1. The van der Waals surface area contributed by atoms with Crippen LogP contribution in [-0.4, -0.2) is 32.5 Å². The van der Waals surface area contributed by atoms with E-state index in [0.717, 1.165) is 6.20 Å². The molecule has 0 bridgehead atoms. The zero-order valence-corrected chi connectivity index (χ0v) is 9.93. The largest absolute Gasteiger partial charge is 0.462 e. The summed E-state index contributed by atoms with van der Waals surface area (Å²) in [5.41, 5.74) is -1.01. The van der Waals surface area contributed by atoms with E-state index in [2.05, 4.69) is 24.7 Å². The lowest BCUT2D eigenvalue weighted by Gasteiger charge is -2.07. The van der Waals surface area contributed by atoms with Gasteiger partial charge in [0.1, 0.15) is 11.3 Å². The van der Waals surface area contributed by atoms with E-state index >= 15 is 0 Å². The van der Waals surface area contributed by atoms with Gasteiger partial charge in [0.2, 0.25) is 0 Å². The number of alkyl halides is 2. The molecule has 8 heteroatoms. The maximum atomic E-state index is 12.9. The van der Waals surface area contributed by atoms with E-state index in [9.17, 15) is 13.6 Å². The molecule has 0 aromatic carbocycles. The molecule has 0 spiro atoms. The molecule has 100 valence electrons. The number of imidazole rings is 1. The first-order chi connectivity index (χ1) is 9.13. The van der Waals surface area contributed by atoms with Gasteiger partial charge in [0.05, 0.1) is 6.61 Å². The number of hydrogen-bond donors (Lipinski definition) is 1. The van der Waals surface area contributed by atoms with Gasteiger partial charge in [0.25, 0.3) is 6.43 Å². The van der Waals surface area contributed by atoms with Crippen LogP contribution < -0.4 is 0 Å². The predicted octanol–water partition coefficient (Wildman–Crippen LogP) is 1.98. The zero-order chi connectivity index (χ0) is 13.8. The number of ether oxygens (including phenoxy) is 1. The van der Waals surface area contributed by atoms with Gasteiger partial charge in [-0.05, 0) is 6.92 Å². The van der Waals surface area contributed by atoms with Crippen LogP contribution in [0.15, 0.2) is 18.6 Å². The summed E-state index contributed by atoms with van der Waals surface area (Å²) in [5.74, 6) is -0.630. The Morgan fingerprint density at radius 1 is 1.47 bits per heavy atom. The summed E-state index contributed by atoms with van der Waals surface area (Å²) in [6.07, 6.45) is 1.07. The molecule has 0 saturated heterocycles. The number of H-pyrrole nitrogens is 1. The van der Waals surface area contributed by atoms with Crippen LogP contribution in [0.2, 0.25) is 0 Å². The highest BCUT2D eigenvalue weighted by molar-refractivity contribution is 5.90. The Morgan fingerprint density at radius 3 is 2.84 bits per heavy atom. The Hall–Kier alpha value is -2.38. The molecule has 2 aromatic heterocycles. The molecular formula is C11H10F2N4O2. The maximum Gasteiger partial charge on any atom is 0.341 e. The number of halogens is 2. The van der Waals surface area contributed by atoms with E-state index in [0.29, 0.717) is 0 Å². The van der Waals surface area contributed by atoms with E-state index in [1.807, 2.05) is 0 Å². The summed E-state index contributed by atoms with van der Waals surface area (Å²) in [7, 11) is 0. The van der Waals surface area contributed by atoms with Gasteiger partial charge in [-0.25, -0.2) is 28.5 Å². The van der Waals surface area contributed by atoms with Gasteiger partial charge in [0, 0.05) is 18.6 Å². The minimum absolute atomic E-state index is 0.00616. The monoisotopic (exact) mass is 268 g/mol. The van der Waals surface area contributed by atoms with Crippen LogP contribution in [0.5, 0.6) is 0 Å². The van der Waals surface area contributed by atoms with Gasteiger partial charge in [0.15, 0.2) is 11.6 Å². The fraction of sp³-hybridized carbons (Fsp3) is 0.273. The number of nitrogens with zero attached hydrogens (tertiary/aromatic N) is 3. The molecule has 0 saturated carbocycles. The number of esters is 1. The van der Waals surface area contributed by atoms with Crippen molar-refractivity contribution in [1.82, 2.24) is 19.9 Å². The Kier molecular flexibility index (Phi) is 3.79. The molecule has 2 aromatic rings. The standard InChI is InChI=1S/C11H10F2N4O2/c1-2-19-11(18)6-5-16-10(9-14-3-4-15-9)17-7(6)8(12)13/h3-5,8H,2H2,1H3,(H,14,15). The smallest absolute Gasteiger partial charge is 0.341 e. The lowest BCUT2D eigenvalue weighted by molar-refractivity contribution is 0.0513. The van der Waals surface area contributed by atoms with Crippen molar-refractivity contribution in [2.75, 3.05) is 6.61 Å². The Morgan fingerprint density at radius 2 is 2.26 bits per heavy atom. The van der Waals surface area contributed by atoms with Crippen LogP contribution in [0.25, 0.3) is 11.6 Å². The third-order valence-corrected chi connectivity index (χ3v) is 2.23. The molecule has 0 fully saturated rings. The first kappa shape index (κ1) is 13.1. The Bertz CT molecular complexity index is 572. The highest BCUT2D eigenvalue weighted by atomic mass is 19.3. The van der Waals surface area contributed by atoms with Crippen molar-refractivity contribution in [2.24, 2.45) is 0 Å². The maximum absolute atomic E-state index is 12.9. The number of rotatable bonds is 4. The lowest BCUT2D eigenvalue weighted by Crippen LogP contribution is -2.12. The topological polar surface area (TPSA) is 80.8 Å². The molecule has 2 rings (SSSR count). The SMILES string of the molecule is CCOC(=O)c1cnc(-c2ncc[nH]2)nc1C(F)F. The predicted molar refractivity (Wildman–Crippen MR) is 60.5 cm³/mol. The second-order valence-corrected chi connectivity index (χ2v) is 3.45. The van der Waals surface area contributed by atoms with E-state index in [1.54, 1.807) is 6.92 Å². The quantitative estimate of drug-likeness (QED) is 0.857. The van der Waals surface area contributed by atoms with Crippen molar-refractivity contribution >= 4 is 5.97 Å². The first-order valence-electron chi connectivity index (χ1n) is 5.45. The molecule has 0 radical (unpaired) electrons. The summed E-state index contributed by atoms with van der Waals surface area (Å²) in [5, 5.41) is 0. The van der Waals surface area contributed by atoms with Crippen molar-refractivity contribution in [3.63, 3.8) is 0 Å². The Labute approximate surface area is 106 Å². The third-order valence-electron chi connectivity index (χ3n) is 2.23. The van der Waals surface area contributed by atoms with Crippen molar-refractivity contribution < 1.29 is 18.3 Å². The van der Waals surface area contributed by atoms with Gasteiger partial charge in [-0.3, -0.25) is 0 Å². The van der Waals surface area contributed by atoms with Crippen LogP contribution in [0, 0.1) is 0 Å². The van der Waals surface area contributed by atoms with Crippen LogP contribution in [0.4, 0.5) is 8.78 Å². The molecule has 0 aliphatic rings. The van der Waals surface area contributed by atoms with Gasteiger partial charge in [-0.1, -0.05) is 0 Å². The van der Waals surface area contributed by atoms with Crippen molar-refractivity contribution in [2.45, 2.75) is 13.3 Å². The normalized spacial score (nSPS) is 10.7. The first-order valence-corrected chi connectivity index (χ1v) is 5.45. The zero-order valence-electron chi connectivity index (χ0n) is 9.93. The summed E-state index contributed by atoms with van der Waals surface area (Å²) < 4.78 is 30.5. The van der Waals surface area contributed by atoms with E-state index in [1.165, 1.54) is 12.4 Å². The van der Waals surface area contributed by atoms with E-state index in [4.69, 9.17) is 0 Å². The molecule has 0 aliphatic heterocycles. The van der Waals surface area contributed by atoms with E-state index < -0.39 is 18.1 Å². The fourth-order valence-corrected chi connectivity index (χ4v) is 1.43. The third kappa shape index (κ3) is 2.72. The summed E-state index contributed by atoms with van der Waals surface area (Å²) >= 11 is 0. The second-order valence-electron chi connectivity index (χ2n) is 3.45. The van der Waals surface area contributed by atoms with Gasteiger partial charge in [-0.2, -0.15) is 0 Å². The Balaban J connectivity index is 2.44. The van der Waals surface area contributed by atoms with Gasteiger partial charge < -0.3 is 9.72 Å². The second kappa shape index (κ2) is 5.51. The van der Waals surface area contributed by atoms with Crippen LogP contribution >= 0.6 is 0 Å². The highest BCUT2D eigenvalue weighted by Crippen LogP contribution is 2.23. The molecule has 0 unspecified atom stereocenters. The van der Waals surface area contributed by atoms with Crippen molar-refractivity contribution in [3.05, 3.63) is 29.8 Å². The molecule has 2 heterocycles. The minimum Gasteiger partial charge on any atom is -0.462 e. The highest BCUT2D eigenvalue weighted by Gasteiger charge is 2.23. The van der Waals surface area contributed by atoms with Gasteiger partial charge >= 0.3 is 5.97 Å². The molecule has 19 heavy (non-hydrogen) atoms. The summed E-state index contributed by atoms with van der Waals surface area (Å²) in [6, 6.07) is 0. The van der Waals surface area contributed by atoms with Crippen molar-refractivity contribution in [3.8, 4) is 11.6 Å². The summed E-state index contributed by atoms with van der Waals surface area (Å²) in [4.78, 5) is 25.6. The summed E-state index contributed by atoms with van der Waals surface area (Å²) in [6.45, 7) is 1.67. The number of carbonyl (C=O) groups is 1. The van der Waals surface area contributed by atoms with Crippen molar-refractivity contribution in [1.29, 1.82) is 0 Å². The van der Waals surface area contributed by atoms with Crippen LogP contribution in [0.1, 0.15) is 29.4 Å². The van der Waals surface area contributed by atoms with E-state index in [-0.39, 0.29) is 23.8 Å². The molecule has 6 nitrogen and oxygen atoms in total. The van der Waals surface area contributed by atoms with Gasteiger partial charge in [-0.15, -0.1) is 0 Å². The average Bonchev–Trinajstić information content (AvgIpc) is 2.92. The van der Waals surface area contributed by atoms with Crippen LogP contribution in [0.3, 0.4) is 0 Å². The minimum atomic E-state index is -2.91. The number of hydrogen-bond acceptors (Lipinski definition) is 5. The molecule has 1 N–H and O–H groups in total. The fourth-order valence-electron chi connectivity index (χ4n) is 1.43. The van der Waals surface area contributed by atoms with Crippen LogP contribution in [-0.2, 0) is 4.74 Å². The lowest BCUT2D eigenvalue weighted by atomic mass is 10.2. The molecule has 0 atom stereocenters. The number of nitrogens with one attached hydrogen (secondary N) is 1. The molecular weight excluding hydrogens is 258 g/mol. The number of aromatic amines is 1. The number of aromatic nitrogens is 4. The molecule has 0 amide bonds. The average molecular weight is 268 g/mol.